The van der Waals surface area contributed by atoms with Gasteiger partial charge in [-0.05, 0) is 41.0 Å². The maximum absolute atomic E-state index is 13.6. The Morgan fingerprint density at radius 1 is 0.824 bits per heavy atom. The van der Waals surface area contributed by atoms with Gasteiger partial charge < -0.3 is 14.6 Å². The van der Waals surface area contributed by atoms with Gasteiger partial charge in [-0.2, -0.15) is 0 Å². The molecule has 0 fully saturated rings. The van der Waals surface area contributed by atoms with Crippen LogP contribution in [0.1, 0.15) is 28.5 Å². The van der Waals surface area contributed by atoms with E-state index in [9.17, 15) is 14.0 Å². The van der Waals surface area contributed by atoms with E-state index >= 15 is 0 Å². The van der Waals surface area contributed by atoms with Crippen molar-refractivity contribution in [2.24, 2.45) is 0 Å². The van der Waals surface area contributed by atoms with Crippen LogP contribution >= 0.6 is 0 Å². The summed E-state index contributed by atoms with van der Waals surface area (Å²) >= 11 is 0. The van der Waals surface area contributed by atoms with Gasteiger partial charge in [0.1, 0.15) is 17.6 Å². The SMILES string of the molecule is O=C(NCc1ccco1)[C@@H](c1ccccc1)N(Cc1ccc(F)cc1)C(=O)Cc1ccccc1. The normalized spacial score (nSPS) is 11.6. The molecule has 0 bridgehead atoms. The molecule has 4 aromatic rings. The lowest BCUT2D eigenvalue weighted by atomic mass is 10.0. The molecule has 34 heavy (non-hydrogen) atoms. The predicted molar refractivity (Wildman–Crippen MR) is 127 cm³/mol. The van der Waals surface area contributed by atoms with Crippen LogP contribution in [0.3, 0.4) is 0 Å². The summed E-state index contributed by atoms with van der Waals surface area (Å²) in [5.41, 5.74) is 2.25. The Morgan fingerprint density at radius 2 is 1.50 bits per heavy atom. The topological polar surface area (TPSA) is 62.6 Å². The quantitative estimate of drug-likeness (QED) is 0.384. The largest absolute Gasteiger partial charge is 0.467 e. The molecular formula is C28H25FN2O3. The smallest absolute Gasteiger partial charge is 0.247 e. The fourth-order valence-electron chi connectivity index (χ4n) is 3.77. The van der Waals surface area contributed by atoms with E-state index in [4.69, 9.17) is 4.42 Å². The molecule has 1 atom stereocenters. The van der Waals surface area contributed by atoms with Crippen molar-refractivity contribution in [2.45, 2.75) is 25.6 Å². The summed E-state index contributed by atoms with van der Waals surface area (Å²) in [5.74, 6) is -0.286. The van der Waals surface area contributed by atoms with Crippen LogP contribution in [0.4, 0.5) is 4.39 Å². The van der Waals surface area contributed by atoms with Crippen LogP contribution in [0.2, 0.25) is 0 Å². The van der Waals surface area contributed by atoms with Crippen molar-refractivity contribution >= 4 is 11.8 Å². The van der Waals surface area contributed by atoms with Gasteiger partial charge in [0.25, 0.3) is 0 Å². The van der Waals surface area contributed by atoms with E-state index in [1.165, 1.54) is 12.1 Å². The zero-order valence-corrected chi connectivity index (χ0v) is 18.6. The summed E-state index contributed by atoms with van der Waals surface area (Å²) in [5, 5.41) is 2.89. The highest BCUT2D eigenvalue weighted by Crippen LogP contribution is 2.25. The third-order valence-corrected chi connectivity index (χ3v) is 5.48. The molecular weight excluding hydrogens is 431 g/mol. The Balaban J connectivity index is 1.67. The Bertz CT molecular complexity index is 1190. The minimum absolute atomic E-state index is 0.136. The molecule has 6 heteroatoms. The molecule has 3 aromatic carbocycles. The van der Waals surface area contributed by atoms with E-state index in [-0.39, 0.29) is 37.1 Å². The number of carbonyl (C=O) groups excluding carboxylic acids is 2. The van der Waals surface area contributed by atoms with E-state index in [2.05, 4.69) is 5.32 Å². The van der Waals surface area contributed by atoms with Crippen molar-refractivity contribution in [3.8, 4) is 0 Å². The molecule has 0 spiro atoms. The average molecular weight is 457 g/mol. The third kappa shape index (κ3) is 5.98. The monoisotopic (exact) mass is 456 g/mol. The molecule has 0 aliphatic carbocycles. The summed E-state index contributed by atoms with van der Waals surface area (Å²) in [6.45, 7) is 0.353. The maximum atomic E-state index is 13.6. The predicted octanol–water partition coefficient (Wildman–Crippen LogP) is 5.05. The summed E-state index contributed by atoms with van der Waals surface area (Å²) in [7, 11) is 0. The molecule has 0 aliphatic heterocycles. The van der Waals surface area contributed by atoms with Gasteiger partial charge in [0.05, 0.1) is 19.2 Å². The third-order valence-electron chi connectivity index (χ3n) is 5.48. The molecule has 4 rings (SSSR count). The summed E-state index contributed by atoms with van der Waals surface area (Å²) in [4.78, 5) is 28.6. The van der Waals surface area contributed by atoms with E-state index in [1.807, 2.05) is 60.7 Å². The molecule has 0 saturated heterocycles. The number of benzene rings is 3. The lowest BCUT2D eigenvalue weighted by molar-refractivity contribution is -0.141. The first-order valence-electron chi connectivity index (χ1n) is 11.0. The second-order valence-corrected chi connectivity index (χ2v) is 7.92. The van der Waals surface area contributed by atoms with Crippen LogP contribution in [0.25, 0.3) is 0 Å². The molecule has 0 radical (unpaired) electrons. The number of amides is 2. The van der Waals surface area contributed by atoms with Crippen molar-refractivity contribution in [3.05, 3.63) is 132 Å². The first kappa shape index (κ1) is 23.0. The highest BCUT2D eigenvalue weighted by Gasteiger charge is 2.31. The van der Waals surface area contributed by atoms with Crippen LogP contribution in [0, 0.1) is 5.82 Å². The number of hydrogen-bond donors (Lipinski definition) is 1. The summed E-state index contributed by atoms with van der Waals surface area (Å²) in [6, 6.07) is 27.2. The van der Waals surface area contributed by atoms with Crippen molar-refractivity contribution < 1.29 is 18.4 Å². The van der Waals surface area contributed by atoms with Crippen molar-refractivity contribution in [1.82, 2.24) is 10.2 Å². The van der Waals surface area contributed by atoms with Crippen LogP contribution in [-0.2, 0) is 29.1 Å². The number of hydrogen-bond acceptors (Lipinski definition) is 3. The number of nitrogens with zero attached hydrogens (tertiary/aromatic N) is 1. The molecule has 5 nitrogen and oxygen atoms in total. The van der Waals surface area contributed by atoms with E-state index in [1.54, 1.807) is 35.4 Å². The Labute approximate surface area is 197 Å². The molecule has 172 valence electrons. The number of carbonyl (C=O) groups is 2. The second kappa shape index (κ2) is 11.1. The fraction of sp³-hybridized carbons (Fsp3) is 0.143. The zero-order chi connectivity index (χ0) is 23.8. The van der Waals surface area contributed by atoms with Crippen LogP contribution in [0.15, 0.2) is 108 Å². The number of rotatable bonds is 9. The van der Waals surface area contributed by atoms with Gasteiger partial charge in [-0.1, -0.05) is 72.8 Å². The van der Waals surface area contributed by atoms with E-state index in [0.717, 1.165) is 11.1 Å². The van der Waals surface area contributed by atoms with Crippen LogP contribution < -0.4 is 5.32 Å². The van der Waals surface area contributed by atoms with Gasteiger partial charge in [-0.25, -0.2) is 4.39 Å². The van der Waals surface area contributed by atoms with Gasteiger partial charge in [-0.15, -0.1) is 0 Å². The summed E-state index contributed by atoms with van der Waals surface area (Å²) in [6.07, 6.45) is 1.68. The van der Waals surface area contributed by atoms with Gasteiger partial charge >= 0.3 is 0 Å². The zero-order valence-electron chi connectivity index (χ0n) is 18.6. The Morgan fingerprint density at radius 3 is 2.15 bits per heavy atom. The Hall–Kier alpha value is -4.19. The maximum Gasteiger partial charge on any atom is 0.247 e. The lowest BCUT2D eigenvalue weighted by Crippen LogP contribution is -2.43. The van der Waals surface area contributed by atoms with Crippen LogP contribution in [-0.4, -0.2) is 16.7 Å². The van der Waals surface area contributed by atoms with Crippen molar-refractivity contribution in [3.63, 3.8) is 0 Å². The first-order chi connectivity index (χ1) is 16.6. The lowest BCUT2D eigenvalue weighted by Gasteiger charge is -2.31. The van der Waals surface area contributed by atoms with Gasteiger partial charge in [0, 0.05) is 6.54 Å². The first-order valence-corrected chi connectivity index (χ1v) is 11.0. The number of nitrogens with one attached hydrogen (secondary N) is 1. The highest BCUT2D eigenvalue weighted by molar-refractivity contribution is 5.89. The second-order valence-electron chi connectivity index (χ2n) is 7.92. The van der Waals surface area contributed by atoms with Gasteiger partial charge in [0.15, 0.2) is 0 Å². The van der Waals surface area contributed by atoms with Crippen molar-refractivity contribution in [2.75, 3.05) is 0 Å². The number of halogens is 1. The van der Waals surface area contributed by atoms with Crippen molar-refractivity contribution in [1.29, 1.82) is 0 Å². The highest BCUT2D eigenvalue weighted by atomic mass is 19.1. The molecule has 0 unspecified atom stereocenters. The molecule has 1 aromatic heterocycles. The molecule has 0 aliphatic rings. The van der Waals surface area contributed by atoms with E-state index in [0.29, 0.717) is 11.3 Å². The molecule has 1 N–H and O–H groups in total. The standard InChI is InChI=1S/C28H25FN2O3/c29-24-15-13-22(14-16-24)20-31(26(32)18-21-8-3-1-4-9-21)27(23-10-5-2-6-11-23)28(33)30-19-25-12-7-17-34-25/h1-17,27H,18-20H2,(H,30,33)/t27-/m1/s1. The van der Waals surface area contributed by atoms with Crippen LogP contribution in [0.5, 0.6) is 0 Å². The molecule has 1 heterocycles. The average Bonchev–Trinajstić information content (AvgIpc) is 3.39. The van der Waals surface area contributed by atoms with E-state index < -0.39 is 6.04 Å². The molecule has 0 saturated carbocycles. The molecule has 2 amide bonds. The summed E-state index contributed by atoms with van der Waals surface area (Å²) < 4.78 is 18.8. The number of furan rings is 1. The minimum Gasteiger partial charge on any atom is -0.467 e. The van der Waals surface area contributed by atoms with Gasteiger partial charge in [-0.3, -0.25) is 9.59 Å². The Kier molecular flexibility index (Phi) is 7.50. The fourth-order valence-corrected chi connectivity index (χ4v) is 3.77. The van der Waals surface area contributed by atoms with Gasteiger partial charge in [0.2, 0.25) is 11.8 Å². The minimum atomic E-state index is -0.877.